The van der Waals surface area contributed by atoms with Crippen molar-refractivity contribution in [2.24, 2.45) is 17.3 Å². The first-order valence-electron chi connectivity index (χ1n) is 11.5. The highest BCUT2D eigenvalue weighted by Gasteiger charge is 2.60. The van der Waals surface area contributed by atoms with Crippen LogP contribution in [0.25, 0.3) is 0 Å². The zero-order valence-corrected chi connectivity index (χ0v) is 21.5. The summed E-state index contributed by atoms with van der Waals surface area (Å²) in [4.78, 5) is 27.9. The second-order valence-electron chi connectivity index (χ2n) is 11.1. The van der Waals surface area contributed by atoms with E-state index in [1.165, 1.54) is 13.0 Å². The molecule has 3 aliphatic rings. The Bertz CT molecular complexity index is 1070. The van der Waals surface area contributed by atoms with E-state index in [0.29, 0.717) is 0 Å². The number of hydrogen-bond acceptors (Lipinski definition) is 5. The fraction of sp³-hybridized carbons (Fsp3) is 0.615. The third-order valence-corrected chi connectivity index (χ3v) is 9.72. The van der Waals surface area contributed by atoms with Crippen LogP contribution in [0.3, 0.4) is 0 Å². The van der Waals surface area contributed by atoms with E-state index in [9.17, 15) is 19.8 Å². The second kappa shape index (κ2) is 7.73. The standard InChI is InChI=1S/C26H32Cl2O5/c1-12-7-8-18(27)24(3,4)16(12)11-26-15(10-19(28)25(5,6)33-26)22(31)20-14(23(26)32)9-17(29)13(2)21(20)30/h9-10,12,16,18-19,29-30H,7-8,11H2,1-6H3. The summed E-state index contributed by atoms with van der Waals surface area (Å²) < 4.78 is 6.53. The number of carbonyl (C=O) groups excluding carboxylic acids is 2. The maximum atomic E-state index is 14.2. The smallest absolute Gasteiger partial charge is 0.200 e. The topological polar surface area (TPSA) is 83.8 Å². The number of alkyl halides is 2. The molecule has 5 nitrogen and oxygen atoms in total. The van der Waals surface area contributed by atoms with Crippen molar-refractivity contribution in [3.05, 3.63) is 34.4 Å². The first kappa shape index (κ1) is 24.6. The van der Waals surface area contributed by atoms with E-state index in [0.717, 1.165) is 12.8 Å². The highest BCUT2D eigenvalue weighted by Crippen LogP contribution is 2.56. The highest BCUT2D eigenvalue weighted by molar-refractivity contribution is 6.30. The van der Waals surface area contributed by atoms with Crippen molar-refractivity contribution < 1.29 is 24.5 Å². The van der Waals surface area contributed by atoms with Crippen LogP contribution in [0.15, 0.2) is 17.7 Å². The Morgan fingerprint density at radius 1 is 1.12 bits per heavy atom. The number of phenolic OH excluding ortho intramolecular Hbond substituents is 2. The van der Waals surface area contributed by atoms with Crippen LogP contribution in [0.1, 0.15) is 80.2 Å². The fourth-order valence-corrected chi connectivity index (χ4v) is 6.41. The zero-order chi connectivity index (χ0) is 24.7. The number of ether oxygens (including phenoxy) is 1. The van der Waals surface area contributed by atoms with Crippen molar-refractivity contribution in [2.45, 2.75) is 82.8 Å². The lowest BCUT2D eigenvalue weighted by molar-refractivity contribution is -0.124. The lowest BCUT2D eigenvalue weighted by Gasteiger charge is -2.53. The van der Waals surface area contributed by atoms with Gasteiger partial charge in [0, 0.05) is 22.1 Å². The average Bonchev–Trinajstić information content (AvgIpc) is 2.72. The van der Waals surface area contributed by atoms with E-state index in [4.69, 9.17) is 27.9 Å². The van der Waals surface area contributed by atoms with Gasteiger partial charge in [-0.3, -0.25) is 9.59 Å². The molecule has 1 fully saturated rings. The molecular formula is C26H32Cl2O5. The summed E-state index contributed by atoms with van der Waals surface area (Å²) >= 11 is 13.3. The van der Waals surface area contributed by atoms with E-state index in [1.807, 2.05) is 0 Å². The molecule has 33 heavy (non-hydrogen) atoms. The van der Waals surface area contributed by atoms with Crippen molar-refractivity contribution in [1.82, 2.24) is 0 Å². The lowest BCUT2D eigenvalue weighted by atomic mass is 9.57. The van der Waals surface area contributed by atoms with Gasteiger partial charge in [0.05, 0.1) is 16.5 Å². The van der Waals surface area contributed by atoms with Gasteiger partial charge in [-0.25, -0.2) is 0 Å². The van der Waals surface area contributed by atoms with Gasteiger partial charge in [0.2, 0.25) is 0 Å². The number of Topliss-reactive ketones (excluding diaryl/α,β-unsaturated/α-hetero) is 2. The number of phenols is 2. The molecule has 4 rings (SSSR count). The van der Waals surface area contributed by atoms with Gasteiger partial charge < -0.3 is 14.9 Å². The number of rotatable bonds is 2. The molecule has 0 aromatic heterocycles. The molecule has 1 aromatic carbocycles. The molecule has 7 heteroatoms. The van der Waals surface area contributed by atoms with Gasteiger partial charge >= 0.3 is 0 Å². The predicted molar refractivity (Wildman–Crippen MR) is 129 cm³/mol. The molecule has 1 heterocycles. The minimum absolute atomic E-state index is 0.00855. The first-order chi connectivity index (χ1) is 15.1. The third-order valence-electron chi connectivity index (χ3n) is 8.29. The average molecular weight is 495 g/mol. The highest BCUT2D eigenvalue weighted by atomic mass is 35.5. The Morgan fingerprint density at radius 2 is 1.76 bits per heavy atom. The molecule has 1 saturated carbocycles. The van der Waals surface area contributed by atoms with Crippen LogP contribution in [0.2, 0.25) is 0 Å². The maximum Gasteiger partial charge on any atom is 0.200 e. The number of carbonyl (C=O) groups is 2. The van der Waals surface area contributed by atoms with Crippen LogP contribution >= 0.6 is 23.2 Å². The summed E-state index contributed by atoms with van der Waals surface area (Å²) in [6, 6.07) is 1.27. The van der Waals surface area contributed by atoms with Gasteiger partial charge in [-0.2, -0.15) is 0 Å². The summed E-state index contributed by atoms with van der Waals surface area (Å²) in [5, 5.41) is 20.3. The minimum atomic E-state index is -1.57. The number of halogens is 2. The van der Waals surface area contributed by atoms with E-state index >= 15 is 0 Å². The summed E-state index contributed by atoms with van der Waals surface area (Å²) in [7, 11) is 0. The van der Waals surface area contributed by atoms with Crippen LogP contribution in [-0.4, -0.2) is 43.7 Å². The Hall–Kier alpha value is -1.56. The molecule has 0 amide bonds. The Balaban J connectivity index is 1.96. The molecule has 2 N–H and O–H groups in total. The summed E-state index contributed by atoms with van der Waals surface area (Å²) in [6.45, 7) is 11.5. The van der Waals surface area contributed by atoms with Gasteiger partial charge in [0.25, 0.3) is 0 Å². The predicted octanol–water partition coefficient (Wildman–Crippen LogP) is 5.94. The Labute approximate surface area is 205 Å². The molecule has 180 valence electrons. The van der Waals surface area contributed by atoms with Crippen LogP contribution in [0.4, 0.5) is 0 Å². The zero-order valence-electron chi connectivity index (χ0n) is 20.0. The number of ketones is 2. The fourth-order valence-electron chi connectivity index (χ4n) is 5.95. The normalized spacial score (nSPS) is 35.0. The Morgan fingerprint density at radius 3 is 2.39 bits per heavy atom. The lowest BCUT2D eigenvalue weighted by Crippen LogP contribution is -2.61. The van der Waals surface area contributed by atoms with Gasteiger partial charge in [0.15, 0.2) is 17.2 Å². The molecule has 0 bridgehead atoms. The van der Waals surface area contributed by atoms with Crippen molar-refractivity contribution >= 4 is 34.8 Å². The van der Waals surface area contributed by atoms with Crippen LogP contribution in [0.5, 0.6) is 11.5 Å². The SMILES string of the molecule is Cc1c(O)cc2c(c1O)C(=O)C1=CC(Cl)C(C)(C)OC1(CC1C(C)CCC(Cl)C1(C)C)C2=O. The molecule has 2 aliphatic carbocycles. The minimum Gasteiger partial charge on any atom is -0.508 e. The number of hydrogen-bond donors (Lipinski definition) is 2. The first-order valence-corrected chi connectivity index (χ1v) is 12.4. The second-order valence-corrected chi connectivity index (χ2v) is 12.1. The van der Waals surface area contributed by atoms with Gasteiger partial charge in [-0.05, 0) is 63.4 Å². The number of aromatic hydroxyl groups is 2. The molecular weight excluding hydrogens is 463 g/mol. The van der Waals surface area contributed by atoms with E-state index in [2.05, 4.69) is 20.8 Å². The molecule has 0 spiro atoms. The monoisotopic (exact) mass is 494 g/mol. The molecule has 1 aliphatic heterocycles. The van der Waals surface area contributed by atoms with Gasteiger partial charge in [0.1, 0.15) is 11.5 Å². The van der Waals surface area contributed by atoms with E-state index in [-0.39, 0.29) is 62.8 Å². The van der Waals surface area contributed by atoms with Crippen molar-refractivity contribution in [3.63, 3.8) is 0 Å². The number of fused-ring (bicyclic) bond motifs is 2. The third kappa shape index (κ3) is 3.45. The summed E-state index contributed by atoms with van der Waals surface area (Å²) in [6.07, 6.45) is 3.68. The van der Waals surface area contributed by atoms with Crippen molar-refractivity contribution in [1.29, 1.82) is 0 Å². The van der Waals surface area contributed by atoms with Gasteiger partial charge in [-0.1, -0.05) is 26.8 Å². The van der Waals surface area contributed by atoms with Crippen molar-refractivity contribution in [3.8, 4) is 11.5 Å². The van der Waals surface area contributed by atoms with Crippen LogP contribution < -0.4 is 0 Å². The summed E-state index contributed by atoms with van der Waals surface area (Å²) in [5.74, 6) is -1.31. The van der Waals surface area contributed by atoms with Crippen molar-refractivity contribution in [2.75, 3.05) is 0 Å². The maximum absolute atomic E-state index is 14.2. The van der Waals surface area contributed by atoms with Crippen LogP contribution in [0, 0.1) is 24.2 Å². The largest absolute Gasteiger partial charge is 0.508 e. The molecule has 1 aromatic rings. The molecule has 5 atom stereocenters. The number of benzene rings is 1. The quantitative estimate of drug-likeness (QED) is 0.497. The van der Waals surface area contributed by atoms with E-state index in [1.54, 1.807) is 19.9 Å². The molecule has 0 saturated heterocycles. The summed E-state index contributed by atoms with van der Waals surface area (Å²) in [5.41, 5.74) is -2.60. The van der Waals surface area contributed by atoms with Gasteiger partial charge in [-0.15, -0.1) is 23.2 Å². The van der Waals surface area contributed by atoms with Crippen LogP contribution in [-0.2, 0) is 4.74 Å². The van der Waals surface area contributed by atoms with E-state index < -0.39 is 28.1 Å². The Kier molecular flexibility index (Phi) is 5.75. The molecule has 5 unspecified atom stereocenters. The molecule has 0 radical (unpaired) electrons.